The molecular formula is C15H22N6O7S2. The minimum Gasteiger partial charge on any atom is -0.392 e. The van der Waals surface area contributed by atoms with E-state index in [4.69, 9.17) is 15.6 Å². The number of ether oxygens (including phenoxy) is 1. The molecule has 166 valence electrons. The topological polar surface area (TPSA) is 209 Å². The molecule has 7 N–H and O–H groups in total. The Morgan fingerprint density at radius 3 is 2.70 bits per heavy atom. The van der Waals surface area contributed by atoms with Gasteiger partial charge in [0, 0.05) is 5.25 Å². The van der Waals surface area contributed by atoms with Gasteiger partial charge in [-0.15, -0.1) is 0 Å². The largest absolute Gasteiger partial charge is 0.392 e. The first-order valence-corrected chi connectivity index (χ1v) is 11.5. The smallest absolute Gasteiger partial charge is 0.333 e. The van der Waals surface area contributed by atoms with Crippen molar-refractivity contribution >= 4 is 38.9 Å². The van der Waals surface area contributed by atoms with E-state index in [2.05, 4.69) is 19.2 Å². The van der Waals surface area contributed by atoms with Crippen molar-refractivity contribution in [3.05, 3.63) is 6.33 Å². The lowest BCUT2D eigenvalue weighted by atomic mass is 10.1. The molecule has 13 nitrogen and oxygen atoms in total. The number of aliphatic hydroxyl groups excluding tert-OH is 3. The number of rotatable bonds is 6. The molecule has 0 bridgehead atoms. The van der Waals surface area contributed by atoms with Gasteiger partial charge in [0.05, 0.1) is 18.1 Å². The maximum atomic E-state index is 11.0. The van der Waals surface area contributed by atoms with Crippen molar-refractivity contribution in [2.75, 3.05) is 12.3 Å². The Bertz CT molecular complexity index is 1030. The molecule has 4 rings (SSSR count). The summed E-state index contributed by atoms with van der Waals surface area (Å²) in [6, 6.07) is 0. The van der Waals surface area contributed by atoms with E-state index >= 15 is 0 Å². The number of aromatic nitrogens is 4. The normalized spacial score (nSPS) is 32.3. The molecule has 0 amide bonds. The SMILES string of the molecule is Nc1ncnc2c1c(SC1CCCC1O)nn2[C@@H]1O[C@H](COS(N)(=O)=O)[C@@H](O)[C@H]1O. The van der Waals surface area contributed by atoms with Crippen molar-refractivity contribution in [1.82, 2.24) is 19.7 Å². The summed E-state index contributed by atoms with van der Waals surface area (Å²) in [5, 5.41) is 41.0. The fourth-order valence-corrected chi connectivity index (χ4v) is 5.28. The predicted octanol–water partition coefficient (Wildman–Crippen LogP) is -1.75. The number of nitrogens with two attached hydrogens (primary N) is 2. The summed E-state index contributed by atoms with van der Waals surface area (Å²) in [5.74, 6) is 0.170. The van der Waals surface area contributed by atoms with Gasteiger partial charge < -0.3 is 25.8 Å². The summed E-state index contributed by atoms with van der Waals surface area (Å²) >= 11 is 1.34. The second-order valence-electron chi connectivity index (χ2n) is 7.19. The number of aliphatic hydroxyl groups is 3. The van der Waals surface area contributed by atoms with Crippen LogP contribution in [0.2, 0.25) is 0 Å². The summed E-state index contributed by atoms with van der Waals surface area (Å²) in [5.41, 5.74) is 6.29. The summed E-state index contributed by atoms with van der Waals surface area (Å²) < 4.78 is 33.4. The number of thioether (sulfide) groups is 1. The van der Waals surface area contributed by atoms with Crippen LogP contribution >= 0.6 is 11.8 Å². The Morgan fingerprint density at radius 1 is 1.27 bits per heavy atom. The fraction of sp³-hybridized carbons (Fsp3) is 0.667. The quantitative estimate of drug-likeness (QED) is 0.324. The van der Waals surface area contributed by atoms with Gasteiger partial charge in [-0.2, -0.15) is 13.5 Å². The Labute approximate surface area is 175 Å². The van der Waals surface area contributed by atoms with E-state index in [0.717, 1.165) is 12.8 Å². The fourth-order valence-electron chi connectivity index (χ4n) is 3.64. The van der Waals surface area contributed by atoms with Gasteiger partial charge in [0.25, 0.3) is 0 Å². The molecule has 1 aliphatic heterocycles. The Balaban J connectivity index is 1.66. The first kappa shape index (κ1) is 21.6. The van der Waals surface area contributed by atoms with Crippen LogP contribution in [0.15, 0.2) is 11.4 Å². The molecule has 2 fully saturated rings. The number of nitrogens with zero attached hydrogens (tertiary/aromatic N) is 4. The lowest BCUT2D eigenvalue weighted by Gasteiger charge is -2.15. The third kappa shape index (κ3) is 4.11. The van der Waals surface area contributed by atoms with Crippen LogP contribution in [0, 0.1) is 0 Å². The van der Waals surface area contributed by atoms with E-state index in [1.54, 1.807) is 0 Å². The summed E-state index contributed by atoms with van der Waals surface area (Å²) in [6.07, 6.45) is -2.11. The van der Waals surface area contributed by atoms with Crippen LogP contribution in [0.5, 0.6) is 0 Å². The first-order chi connectivity index (χ1) is 14.2. The van der Waals surface area contributed by atoms with E-state index in [1.807, 2.05) is 0 Å². The van der Waals surface area contributed by atoms with Gasteiger partial charge in [-0.05, 0) is 19.3 Å². The first-order valence-electron chi connectivity index (χ1n) is 9.18. The van der Waals surface area contributed by atoms with Crippen LogP contribution < -0.4 is 10.9 Å². The number of nitrogen functional groups attached to an aromatic ring is 1. The second-order valence-corrected chi connectivity index (χ2v) is 9.63. The van der Waals surface area contributed by atoms with Gasteiger partial charge in [-0.3, -0.25) is 4.18 Å². The van der Waals surface area contributed by atoms with Crippen molar-refractivity contribution in [2.45, 2.75) is 60.2 Å². The highest BCUT2D eigenvalue weighted by molar-refractivity contribution is 8.00. The van der Waals surface area contributed by atoms with E-state index in [1.165, 1.54) is 22.8 Å². The molecule has 1 saturated carbocycles. The molecule has 1 saturated heterocycles. The van der Waals surface area contributed by atoms with Crippen LogP contribution in [0.4, 0.5) is 5.82 Å². The highest BCUT2D eigenvalue weighted by Gasteiger charge is 2.46. The number of anilines is 1. The van der Waals surface area contributed by atoms with E-state index in [0.29, 0.717) is 16.8 Å². The molecule has 0 aromatic carbocycles. The monoisotopic (exact) mass is 462 g/mol. The van der Waals surface area contributed by atoms with Crippen LogP contribution in [-0.2, 0) is 19.2 Å². The van der Waals surface area contributed by atoms with Crippen molar-refractivity contribution in [3.63, 3.8) is 0 Å². The predicted molar refractivity (Wildman–Crippen MR) is 104 cm³/mol. The summed E-state index contributed by atoms with van der Waals surface area (Å²) in [7, 11) is -4.25. The zero-order chi connectivity index (χ0) is 21.6. The Hall–Kier alpha value is -1.59. The highest BCUT2D eigenvalue weighted by Crippen LogP contribution is 2.40. The molecule has 2 aliphatic rings. The molecule has 3 heterocycles. The van der Waals surface area contributed by atoms with Gasteiger partial charge in [-0.25, -0.2) is 19.8 Å². The van der Waals surface area contributed by atoms with Crippen LogP contribution in [0.3, 0.4) is 0 Å². The Kier molecular flexibility index (Phi) is 5.88. The summed E-state index contributed by atoms with van der Waals surface area (Å²) in [4.78, 5) is 8.18. The lowest BCUT2D eigenvalue weighted by Crippen LogP contribution is -2.35. The van der Waals surface area contributed by atoms with Crippen molar-refractivity contribution in [1.29, 1.82) is 0 Å². The lowest BCUT2D eigenvalue weighted by molar-refractivity contribution is -0.0532. The molecule has 30 heavy (non-hydrogen) atoms. The van der Waals surface area contributed by atoms with Gasteiger partial charge >= 0.3 is 10.3 Å². The second kappa shape index (κ2) is 8.16. The molecule has 0 spiro atoms. The average molecular weight is 463 g/mol. The standard InChI is InChI=1S/C15H22N6O7S2/c16-12-9-13(19-5-18-12)21(20-14(9)29-8-3-1-2-6(8)22)15-11(24)10(23)7(28-15)4-27-30(17,25)26/h5-8,10-11,15,22-24H,1-4H2,(H2,16,18,19)(H2,17,25,26)/t6?,7-,8?,10-,11-,15-/m1/s1. The summed E-state index contributed by atoms with van der Waals surface area (Å²) in [6.45, 7) is -0.584. The van der Waals surface area contributed by atoms with Gasteiger partial charge in [0.15, 0.2) is 11.9 Å². The number of hydrogen-bond acceptors (Lipinski definition) is 12. The van der Waals surface area contributed by atoms with Crippen LogP contribution in [0.1, 0.15) is 25.5 Å². The van der Waals surface area contributed by atoms with Gasteiger partial charge in [0.2, 0.25) is 0 Å². The maximum absolute atomic E-state index is 11.0. The van der Waals surface area contributed by atoms with Crippen molar-refractivity contribution in [2.24, 2.45) is 5.14 Å². The van der Waals surface area contributed by atoms with Gasteiger partial charge in [-0.1, -0.05) is 11.8 Å². The van der Waals surface area contributed by atoms with E-state index < -0.39 is 47.6 Å². The number of fused-ring (bicyclic) bond motifs is 1. The minimum absolute atomic E-state index is 0.0768. The minimum atomic E-state index is -4.25. The van der Waals surface area contributed by atoms with Crippen molar-refractivity contribution < 1.29 is 32.7 Å². The zero-order valence-electron chi connectivity index (χ0n) is 15.6. The molecule has 1 aliphatic carbocycles. The Morgan fingerprint density at radius 2 is 2.03 bits per heavy atom. The van der Waals surface area contributed by atoms with Crippen LogP contribution in [0.25, 0.3) is 11.0 Å². The molecule has 2 aromatic heterocycles. The molecular weight excluding hydrogens is 440 g/mol. The molecule has 2 unspecified atom stereocenters. The molecule has 2 aromatic rings. The molecule has 6 atom stereocenters. The third-order valence-corrected chi connectivity index (χ3v) is 6.97. The maximum Gasteiger partial charge on any atom is 0.333 e. The van der Waals surface area contributed by atoms with E-state index in [9.17, 15) is 23.7 Å². The van der Waals surface area contributed by atoms with Crippen LogP contribution in [-0.4, -0.2) is 79.8 Å². The van der Waals surface area contributed by atoms with E-state index in [-0.39, 0.29) is 16.7 Å². The average Bonchev–Trinajstić information content (AvgIpc) is 3.32. The molecule has 0 radical (unpaired) electrons. The highest BCUT2D eigenvalue weighted by atomic mass is 32.2. The van der Waals surface area contributed by atoms with Crippen molar-refractivity contribution in [3.8, 4) is 0 Å². The van der Waals surface area contributed by atoms with Gasteiger partial charge in [0.1, 0.15) is 35.5 Å². The molecule has 15 heteroatoms. The zero-order valence-corrected chi connectivity index (χ0v) is 17.2. The third-order valence-electron chi connectivity index (χ3n) is 5.14. The number of hydrogen-bond donors (Lipinski definition) is 5.